The standard InChI is InChI=1S/C33H42N6O3/c1-3-4-13-36(2)14-5-6-32(40)39-22-27(23-39)37-15-10-25(11-16-37)26-7-8-31-29(21-26)35-33-28(24-42-31)30(9-12-34-33)38-17-19-41-20-18-38/h1,5-9,12,21,25,27H,4,10-11,13-20,22-24H2,2H3,(H,34,35)/b6-5+. The Balaban J connectivity index is 1.01. The van der Waals surface area contributed by atoms with E-state index in [0.29, 0.717) is 18.6 Å². The normalized spacial score (nSPS) is 19.8. The number of piperidine rings is 1. The molecule has 1 N–H and O–H groups in total. The van der Waals surface area contributed by atoms with Crippen molar-refractivity contribution in [3.63, 3.8) is 0 Å². The van der Waals surface area contributed by atoms with E-state index in [4.69, 9.17) is 15.9 Å². The van der Waals surface area contributed by atoms with Crippen molar-refractivity contribution in [3.05, 3.63) is 53.7 Å². The molecule has 3 fully saturated rings. The lowest BCUT2D eigenvalue weighted by Gasteiger charge is -2.47. The summed E-state index contributed by atoms with van der Waals surface area (Å²) in [6.07, 6.45) is 13.8. The minimum Gasteiger partial charge on any atom is -0.487 e. The maximum Gasteiger partial charge on any atom is 0.246 e. The summed E-state index contributed by atoms with van der Waals surface area (Å²) in [7, 11) is 2.02. The molecule has 1 aromatic carbocycles. The van der Waals surface area contributed by atoms with E-state index in [0.717, 1.165) is 108 Å². The third kappa shape index (κ3) is 6.41. The average molecular weight is 571 g/mol. The van der Waals surface area contributed by atoms with E-state index in [1.165, 1.54) is 11.3 Å². The van der Waals surface area contributed by atoms with Gasteiger partial charge < -0.3 is 29.5 Å². The molecule has 0 saturated carbocycles. The highest BCUT2D eigenvalue weighted by molar-refractivity contribution is 5.88. The molecule has 9 heteroatoms. The number of aromatic nitrogens is 1. The number of likely N-dealkylation sites (tertiary alicyclic amines) is 2. The summed E-state index contributed by atoms with van der Waals surface area (Å²) >= 11 is 0. The van der Waals surface area contributed by atoms with Crippen LogP contribution in [0.5, 0.6) is 5.75 Å². The lowest BCUT2D eigenvalue weighted by atomic mass is 9.88. The van der Waals surface area contributed by atoms with Gasteiger partial charge in [0.1, 0.15) is 18.2 Å². The second kappa shape index (κ2) is 13.2. The Morgan fingerprint density at radius 2 is 2.00 bits per heavy atom. The lowest BCUT2D eigenvalue weighted by molar-refractivity contribution is -0.133. The topological polar surface area (TPSA) is 73.4 Å². The van der Waals surface area contributed by atoms with Crippen molar-refractivity contribution in [2.24, 2.45) is 0 Å². The number of carbonyl (C=O) groups is 1. The number of benzene rings is 1. The van der Waals surface area contributed by atoms with Gasteiger partial charge in [-0.3, -0.25) is 9.69 Å². The summed E-state index contributed by atoms with van der Waals surface area (Å²) in [6.45, 7) is 9.07. The predicted molar refractivity (Wildman–Crippen MR) is 165 cm³/mol. The van der Waals surface area contributed by atoms with Gasteiger partial charge in [0.25, 0.3) is 0 Å². The van der Waals surface area contributed by atoms with Gasteiger partial charge in [-0.1, -0.05) is 12.1 Å². The Morgan fingerprint density at radius 3 is 2.79 bits per heavy atom. The maximum atomic E-state index is 12.5. The molecule has 0 atom stereocenters. The summed E-state index contributed by atoms with van der Waals surface area (Å²) in [5.74, 6) is 5.02. The number of hydrogen-bond donors (Lipinski definition) is 1. The van der Waals surface area contributed by atoms with Crippen LogP contribution in [-0.4, -0.2) is 104 Å². The number of anilines is 3. The number of pyridine rings is 1. The van der Waals surface area contributed by atoms with Gasteiger partial charge in [-0.25, -0.2) is 4.98 Å². The Hall–Kier alpha value is -3.58. The largest absolute Gasteiger partial charge is 0.487 e. The fraction of sp³-hybridized carbons (Fsp3) is 0.515. The molecule has 0 spiro atoms. The molecule has 6 rings (SSSR count). The van der Waals surface area contributed by atoms with Crippen LogP contribution in [0.25, 0.3) is 0 Å². The minimum atomic E-state index is 0.110. The van der Waals surface area contributed by atoms with Gasteiger partial charge in [0.05, 0.1) is 24.5 Å². The molecule has 0 bridgehead atoms. The Bertz CT molecular complexity index is 1320. The van der Waals surface area contributed by atoms with Crippen LogP contribution in [0, 0.1) is 12.3 Å². The van der Waals surface area contributed by atoms with Crippen molar-refractivity contribution in [1.29, 1.82) is 0 Å². The molecule has 5 heterocycles. The number of carbonyl (C=O) groups excluding carboxylic acids is 1. The molecule has 0 unspecified atom stereocenters. The molecule has 2 aromatic rings. The SMILES string of the molecule is C#CCCN(C)C/C=C/C(=O)N1CC(N2CCC(c3ccc4c(c3)Nc3nccc(N5CCOCC5)c3CO4)CC2)C1. The molecule has 1 amide bonds. The third-order valence-corrected chi connectivity index (χ3v) is 9.02. The van der Waals surface area contributed by atoms with E-state index in [-0.39, 0.29) is 5.91 Å². The number of nitrogens with zero attached hydrogens (tertiary/aromatic N) is 5. The van der Waals surface area contributed by atoms with Crippen LogP contribution in [0.2, 0.25) is 0 Å². The monoisotopic (exact) mass is 570 g/mol. The number of terminal acetylenes is 1. The summed E-state index contributed by atoms with van der Waals surface area (Å²) < 4.78 is 11.8. The fourth-order valence-electron chi connectivity index (χ4n) is 6.39. The number of fused-ring (bicyclic) bond motifs is 2. The van der Waals surface area contributed by atoms with Crippen LogP contribution < -0.4 is 15.0 Å². The van der Waals surface area contributed by atoms with Crippen LogP contribution in [0.3, 0.4) is 0 Å². The molecule has 4 aliphatic heterocycles. The molecule has 3 saturated heterocycles. The first kappa shape index (κ1) is 28.5. The molecule has 0 radical (unpaired) electrons. The van der Waals surface area contributed by atoms with Crippen molar-refractivity contribution in [2.45, 2.75) is 37.8 Å². The number of hydrogen-bond acceptors (Lipinski definition) is 8. The summed E-state index contributed by atoms with van der Waals surface area (Å²) in [6, 6.07) is 9.15. The van der Waals surface area contributed by atoms with Crippen LogP contribution in [0.15, 0.2) is 42.6 Å². The van der Waals surface area contributed by atoms with Crippen LogP contribution in [0.4, 0.5) is 17.2 Å². The molecule has 0 aliphatic carbocycles. The van der Waals surface area contributed by atoms with Crippen molar-refractivity contribution < 1.29 is 14.3 Å². The quantitative estimate of drug-likeness (QED) is 0.382. The van der Waals surface area contributed by atoms with E-state index in [2.05, 4.69) is 55.2 Å². The fourth-order valence-corrected chi connectivity index (χ4v) is 6.39. The van der Waals surface area contributed by atoms with Gasteiger partial charge >= 0.3 is 0 Å². The molecule has 4 aliphatic rings. The lowest BCUT2D eigenvalue weighted by Crippen LogP contribution is -2.61. The first-order chi connectivity index (χ1) is 20.6. The molecule has 9 nitrogen and oxygen atoms in total. The first-order valence-electron chi connectivity index (χ1n) is 15.2. The Kier molecular flexibility index (Phi) is 8.94. The zero-order valence-corrected chi connectivity index (χ0v) is 24.6. The smallest absolute Gasteiger partial charge is 0.246 e. The number of amides is 1. The van der Waals surface area contributed by atoms with Crippen LogP contribution in [-0.2, 0) is 16.1 Å². The highest BCUT2D eigenvalue weighted by Gasteiger charge is 2.36. The maximum absolute atomic E-state index is 12.5. The van der Waals surface area contributed by atoms with Gasteiger partial charge in [-0.05, 0) is 62.7 Å². The van der Waals surface area contributed by atoms with E-state index < -0.39 is 0 Å². The highest BCUT2D eigenvalue weighted by Crippen LogP contribution is 2.40. The predicted octanol–water partition coefficient (Wildman–Crippen LogP) is 3.46. The Morgan fingerprint density at radius 1 is 1.19 bits per heavy atom. The minimum absolute atomic E-state index is 0.110. The van der Waals surface area contributed by atoms with Gasteiger partial charge in [-0.15, -0.1) is 12.3 Å². The second-order valence-corrected chi connectivity index (χ2v) is 11.8. The molecule has 42 heavy (non-hydrogen) atoms. The summed E-state index contributed by atoms with van der Waals surface area (Å²) in [5.41, 5.74) is 4.61. The van der Waals surface area contributed by atoms with Gasteiger partial charge in [0.15, 0.2) is 0 Å². The van der Waals surface area contributed by atoms with Crippen molar-refractivity contribution >= 4 is 23.1 Å². The van der Waals surface area contributed by atoms with Crippen LogP contribution >= 0.6 is 0 Å². The van der Waals surface area contributed by atoms with Gasteiger partial charge in [-0.2, -0.15) is 0 Å². The number of ether oxygens (including phenoxy) is 2. The number of rotatable bonds is 8. The third-order valence-electron chi connectivity index (χ3n) is 9.02. The van der Waals surface area contributed by atoms with Crippen molar-refractivity contribution in [2.75, 3.05) is 82.8 Å². The van der Waals surface area contributed by atoms with E-state index in [9.17, 15) is 4.79 Å². The van der Waals surface area contributed by atoms with Gasteiger partial charge in [0, 0.05) is 69.7 Å². The molecule has 222 valence electrons. The Labute approximate surface area is 249 Å². The van der Waals surface area contributed by atoms with E-state index in [1.54, 1.807) is 6.08 Å². The van der Waals surface area contributed by atoms with E-state index in [1.807, 2.05) is 24.2 Å². The molecular weight excluding hydrogens is 528 g/mol. The van der Waals surface area contributed by atoms with Crippen LogP contribution in [0.1, 0.15) is 36.3 Å². The second-order valence-electron chi connectivity index (χ2n) is 11.8. The first-order valence-corrected chi connectivity index (χ1v) is 15.2. The average Bonchev–Trinajstić information content (AvgIpc) is 3.19. The summed E-state index contributed by atoms with van der Waals surface area (Å²) in [4.78, 5) is 26.2. The van der Waals surface area contributed by atoms with Crippen molar-refractivity contribution in [3.8, 4) is 18.1 Å². The number of likely N-dealkylation sites (N-methyl/N-ethyl adjacent to an activating group) is 1. The summed E-state index contributed by atoms with van der Waals surface area (Å²) in [5, 5.41) is 3.59. The number of morpholine rings is 1. The zero-order valence-electron chi connectivity index (χ0n) is 24.6. The zero-order chi connectivity index (χ0) is 28.9. The molecular formula is C33H42N6O3. The number of nitrogens with one attached hydrogen (secondary N) is 1. The van der Waals surface area contributed by atoms with E-state index >= 15 is 0 Å². The van der Waals surface area contributed by atoms with Gasteiger partial charge in [0.2, 0.25) is 5.91 Å². The highest BCUT2D eigenvalue weighted by atomic mass is 16.5. The van der Waals surface area contributed by atoms with Crippen molar-refractivity contribution in [1.82, 2.24) is 19.7 Å². The molecule has 1 aromatic heterocycles.